The Labute approximate surface area is 104 Å². The Hall–Kier alpha value is -1.47. The van der Waals surface area contributed by atoms with Gasteiger partial charge in [-0.25, -0.2) is 0 Å². The van der Waals surface area contributed by atoms with E-state index in [1.54, 1.807) is 25.1 Å². The molecule has 1 N–H and O–H groups in total. The number of aromatic nitrogens is 1. The maximum absolute atomic E-state index is 11.7. The molecule has 0 bridgehead atoms. The number of rotatable bonds is 4. The van der Waals surface area contributed by atoms with E-state index in [1.807, 2.05) is 5.38 Å². The van der Waals surface area contributed by atoms with E-state index in [-0.39, 0.29) is 11.7 Å². The van der Waals surface area contributed by atoms with E-state index < -0.39 is 10.8 Å². The number of thiophene rings is 1. The zero-order valence-corrected chi connectivity index (χ0v) is 10.6. The first-order valence-corrected chi connectivity index (χ1v) is 7.00. The molecule has 1 amide bonds. The zero-order valence-electron chi connectivity index (χ0n) is 9.00. The average Bonchev–Trinajstić information content (AvgIpc) is 2.89. The normalized spacial score (nSPS) is 12.3. The van der Waals surface area contributed by atoms with Gasteiger partial charge in [0.2, 0.25) is 5.91 Å². The predicted octanol–water partition coefficient (Wildman–Crippen LogP) is 1.79. The smallest absolute Gasteiger partial charge is 0.238 e. The van der Waals surface area contributed by atoms with Crippen LogP contribution in [0.25, 0.3) is 0 Å². The van der Waals surface area contributed by atoms with Gasteiger partial charge in [0.15, 0.2) is 5.82 Å². The molecule has 0 radical (unpaired) electrons. The van der Waals surface area contributed by atoms with Crippen LogP contribution in [-0.2, 0) is 15.6 Å². The molecule has 0 aliphatic heterocycles. The molecule has 0 aliphatic carbocycles. The number of hydrogen-bond donors (Lipinski definition) is 1. The SMILES string of the molecule is Cc1cc(NC(=O)C[S@@](=O)c2cccs2)no1. The Bertz CT molecular complexity index is 534. The van der Waals surface area contributed by atoms with Crippen molar-refractivity contribution >= 4 is 33.9 Å². The van der Waals surface area contributed by atoms with Crippen molar-refractivity contribution in [2.24, 2.45) is 0 Å². The molecule has 90 valence electrons. The fourth-order valence-corrected chi connectivity index (χ4v) is 3.09. The van der Waals surface area contributed by atoms with Crippen molar-refractivity contribution in [2.45, 2.75) is 11.1 Å². The minimum atomic E-state index is -1.30. The summed E-state index contributed by atoms with van der Waals surface area (Å²) in [6, 6.07) is 5.15. The zero-order chi connectivity index (χ0) is 12.3. The first-order valence-electron chi connectivity index (χ1n) is 4.80. The summed E-state index contributed by atoms with van der Waals surface area (Å²) < 4.78 is 17.2. The lowest BCUT2D eigenvalue weighted by Crippen LogP contribution is -2.19. The van der Waals surface area contributed by atoms with Gasteiger partial charge in [-0.2, -0.15) is 0 Å². The summed E-state index contributed by atoms with van der Waals surface area (Å²) in [6.45, 7) is 1.73. The Morgan fingerprint density at radius 2 is 2.47 bits per heavy atom. The van der Waals surface area contributed by atoms with E-state index in [0.717, 1.165) is 0 Å². The highest BCUT2D eigenvalue weighted by Gasteiger charge is 2.12. The Morgan fingerprint density at radius 1 is 1.65 bits per heavy atom. The highest BCUT2D eigenvalue weighted by atomic mass is 32.2. The number of nitrogens with zero attached hydrogens (tertiary/aromatic N) is 1. The minimum absolute atomic E-state index is 0.0770. The van der Waals surface area contributed by atoms with Crippen molar-refractivity contribution in [3.8, 4) is 0 Å². The maximum atomic E-state index is 11.7. The number of anilines is 1. The number of carbonyl (C=O) groups is 1. The van der Waals surface area contributed by atoms with Gasteiger partial charge < -0.3 is 9.84 Å². The monoisotopic (exact) mass is 270 g/mol. The second-order valence-electron chi connectivity index (χ2n) is 3.29. The molecule has 0 aromatic carbocycles. The molecule has 0 aliphatic rings. The molecule has 0 saturated heterocycles. The second kappa shape index (κ2) is 5.24. The first-order chi connectivity index (χ1) is 8.15. The van der Waals surface area contributed by atoms with Crippen LogP contribution in [0, 0.1) is 6.92 Å². The van der Waals surface area contributed by atoms with E-state index in [0.29, 0.717) is 15.8 Å². The van der Waals surface area contributed by atoms with Crippen LogP contribution in [0.5, 0.6) is 0 Å². The van der Waals surface area contributed by atoms with Crippen molar-refractivity contribution in [3.63, 3.8) is 0 Å². The van der Waals surface area contributed by atoms with Gasteiger partial charge in [0.25, 0.3) is 0 Å². The van der Waals surface area contributed by atoms with E-state index in [9.17, 15) is 9.00 Å². The lowest BCUT2D eigenvalue weighted by atomic mass is 10.5. The average molecular weight is 270 g/mol. The Morgan fingerprint density at radius 3 is 3.06 bits per heavy atom. The summed E-state index contributed by atoms with van der Waals surface area (Å²) >= 11 is 1.37. The van der Waals surface area contributed by atoms with Gasteiger partial charge in [-0.1, -0.05) is 11.2 Å². The maximum Gasteiger partial charge on any atom is 0.238 e. The van der Waals surface area contributed by atoms with Crippen molar-refractivity contribution in [2.75, 3.05) is 11.1 Å². The standard InChI is InChI=1S/C10H10N2O3S2/c1-7-5-8(12-15-7)11-9(13)6-17(14)10-3-2-4-16-10/h2-5H,6H2,1H3,(H,11,12,13)/t17-/m1/s1. The molecule has 0 spiro atoms. The molecule has 2 heterocycles. The third-order valence-corrected chi connectivity index (χ3v) is 4.49. The number of amides is 1. The first kappa shape index (κ1) is 12.0. The van der Waals surface area contributed by atoms with E-state index in [2.05, 4.69) is 10.5 Å². The third kappa shape index (κ3) is 3.24. The van der Waals surface area contributed by atoms with Crippen molar-refractivity contribution in [3.05, 3.63) is 29.3 Å². The van der Waals surface area contributed by atoms with Crippen molar-refractivity contribution in [1.82, 2.24) is 5.16 Å². The summed E-state index contributed by atoms with van der Waals surface area (Å²) in [5, 5.41) is 7.97. The summed E-state index contributed by atoms with van der Waals surface area (Å²) in [5.74, 6) is 0.535. The summed E-state index contributed by atoms with van der Waals surface area (Å²) in [6.07, 6.45) is 0. The number of hydrogen-bond acceptors (Lipinski definition) is 5. The molecule has 7 heteroatoms. The summed E-state index contributed by atoms with van der Waals surface area (Å²) in [7, 11) is -1.30. The predicted molar refractivity (Wildman–Crippen MR) is 65.5 cm³/mol. The van der Waals surface area contributed by atoms with Crippen molar-refractivity contribution < 1.29 is 13.5 Å². The molecule has 5 nitrogen and oxygen atoms in total. The van der Waals surface area contributed by atoms with E-state index in [1.165, 1.54) is 11.3 Å². The molecular formula is C10H10N2O3S2. The molecule has 2 aromatic heterocycles. The molecule has 0 unspecified atom stereocenters. The molecule has 0 fully saturated rings. The van der Waals surface area contributed by atoms with Crippen molar-refractivity contribution in [1.29, 1.82) is 0 Å². The van der Waals surface area contributed by atoms with Crippen LogP contribution in [-0.4, -0.2) is 21.0 Å². The topological polar surface area (TPSA) is 72.2 Å². The van der Waals surface area contributed by atoms with Gasteiger partial charge in [-0.3, -0.25) is 9.00 Å². The minimum Gasteiger partial charge on any atom is -0.360 e. The molecule has 2 aromatic rings. The van der Waals surface area contributed by atoms with Gasteiger partial charge in [0.05, 0.1) is 15.0 Å². The quantitative estimate of drug-likeness (QED) is 0.919. The second-order valence-corrected chi connectivity index (χ2v) is 5.92. The van der Waals surface area contributed by atoms with E-state index >= 15 is 0 Å². The fourth-order valence-electron chi connectivity index (χ4n) is 1.19. The number of nitrogens with one attached hydrogen (secondary N) is 1. The number of aryl methyl sites for hydroxylation is 1. The third-order valence-electron chi connectivity index (χ3n) is 1.88. The molecule has 1 atom stereocenters. The van der Waals surface area contributed by atoms with Crippen LogP contribution in [0.2, 0.25) is 0 Å². The summed E-state index contributed by atoms with van der Waals surface area (Å²) in [5.41, 5.74) is 0. The van der Waals surface area contributed by atoms with Crippen LogP contribution in [0.4, 0.5) is 5.82 Å². The van der Waals surface area contributed by atoms with Gasteiger partial charge in [-0.15, -0.1) is 11.3 Å². The molecule has 2 rings (SSSR count). The van der Waals surface area contributed by atoms with Crippen LogP contribution >= 0.6 is 11.3 Å². The Kier molecular flexibility index (Phi) is 3.70. The lowest BCUT2D eigenvalue weighted by Gasteiger charge is -1.99. The van der Waals surface area contributed by atoms with Crippen LogP contribution in [0.3, 0.4) is 0 Å². The molecule has 0 saturated carbocycles. The fraction of sp³-hybridized carbons (Fsp3) is 0.200. The summed E-state index contributed by atoms with van der Waals surface area (Å²) in [4.78, 5) is 11.5. The van der Waals surface area contributed by atoms with Gasteiger partial charge in [0.1, 0.15) is 11.5 Å². The Balaban J connectivity index is 1.92. The largest absolute Gasteiger partial charge is 0.360 e. The van der Waals surface area contributed by atoms with E-state index in [4.69, 9.17) is 4.52 Å². The highest BCUT2D eigenvalue weighted by Crippen LogP contribution is 2.14. The van der Waals surface area contributed by atoms with Gasteiger partial charge >= 0.3 is 0 Å². The van der Waals surface area contributed by atoms with Crippen LogP contribution < -0.4 is 5.32 Å². The number of carbonyl (C=O) groups excluding carboxylic acids is 1. The van der Waals surface area contributed by atoms with Crippen LogP contribution in [0.15, 0.2) is 32.3 Å². The highest BCUT2D eigenvalue weighted by molar-refractivity contribution is 7.88. The molecule has 17 heavy (non-hydrogen) atoms. The van der Waals surface area contributed by atoms with Crippen LogP contribution in [0.1, 0.15) is 5.76 Å². The lowest BCUT2D eigenvalue weighted by molar-refractivity contribution is -0.113. The van der Waals surface area contributed by atoms with Gasteiger partial charge in [0, 0.05) is 6.07 Å². The molecular weight excluding hydrogens is 260 g/mol. The van der Waals surface area contributed by atoms with Gasteiger partial charge in [-0.05, 0) is 18.4 Å².